The van der Waals surface area contributed by atoms with Crippen LogP contribution in [0.25, 0.3) is 0 Å². The predicted octanol–water partition coefficient (Wildman–Crippen LogP) is 1.96. The van der Waals surface area contributed by atoms with Gasteiger partial charge in [0.15, 0.2) is 0 Å². The zero-order chi connectivity index (χ0) is 17.5. The van der Waals surface area contributed by atoms with Crippen molar-refractivity contribution in [1.29, 1.82) is 0 Å². The van der Waals surface area contributed by atoms with Crippen LogP contribution in [0.15, 0.2) is 36.5 Å². The number of aromatic nitrogens is 2. The molecule has 0 aliphatic rings. The fourth-order valence-electron chi connectivity index (χ4n) is 2.28. The molecule has 0 aliphatic carbocycles. The maximum absolute atomic E-state index is 12.2. The summed E-state index contributed by atoms with van der Waals surface area (Å²) in [5, 5.41) is 11.1. The number of carbonyl (C=O) groups is 2. The molecule has 24 heavy (non-hydrogen) atoms. The molecule has 6 nitrogen and oxygen atoms in total. The molecule has 0 aliphatic heterocycles. The van der Waals surface area contributed by atoms with E-state index in [0.29, 0.717) is 0 Å². The lowest BCUT2D eigenvalue weighted by Crippen LogP contribution is -2.35. The standard InChI is InChI=1S/C16H18F2N4O2/c1-10-4-2-3-5-11(10)13(8-15(23)19-9-14(17)18)21-16(24)12-6-7-20-22-12/h2-7,13-14H,8-9H2,1H3,(H,19,23)(H,20,22)(H,21,24)/t13-/m0/s1. The van der Waals surface area contributed by atoms with Crippen molar-refractivity contribution in [2.75, 3.05) is 6.54 Å². The largest absolute Gasteiger partial charge is 0.350 e. The van der Waals surface area contributed by atoms with Gasteiger partial charge >= 0.3 is 0 Å². The van der Waals surface area contributed by atoms with Crippen molar-refractivity contribution in [3.05, 3.63) is 53.3 Å². The minimum absolute atomic E-state index is 0.141. The van der Waals surface area contributed by atoms with Gasteiger partial charge in [0.2, 0.25) is 5.91 Å². The number of amides is 2. The summed E-state index contributed by atoms with van der Waals surface area (Å²) in [5.41, 5.74) is 1.88. The molecule has 2 rings (SSSR count). The SMILES string of the molecule is Cc1ccccc1[C@H](CC(=O)NCC(F)F)NC(=O)c1ccn[nH]1. The molecule has 0 saturated carbocycles. The Hall–Kier alpha value is -2.77. The summed E-state index contributed by atoms with van der Waals surface area (Å²) in [6.45, 7) is 1.13. The smallest absolute Gasteiger partial charge is 0.269 e. The third-order valence-corrected chi connectivity index (χ3v) is 3.46. The molecule has 0 fully saturated rings. The highest BCUT2D eigenvalue weighted by Gasteiger charge is 2.21. The average molecular weight is 336 g/mol. The van der Waals surface area contributed by atoms with Crippen molar-refractivity contribution in [2.24, 2.45) is 0 Å². The van der Waals surface area contributed by atoms with Gasteiger partial charge in [-0.25, -0.2) is 8.78 Å². The summed E-state index contributed by atoms with van der Waals surface area (Å²) in [4.78, 5) is 24.1. The van der Waals surface area contributed by atoms with Crippen LogP contribution in [-0.2, 0) is 4.79 Å². The number of aryl methyl sites for hydroxylation is 1. The predicted molar refractivity (Wildman–Crippen MR) is 83.6 cm³/mol. The third-order valence-electron chi connectivity index (χ3n) is 3.46. The van der Waals surface area contributed by atoms with E-state index in [9.17, 15) is 18.4 Å². The Morgan fingerprint density at radius 1 is 1.25 bits per heavy atom. The number of H-pyrrole nitrogens is 1. The number of alkyl halides is 2. The van der Waals surface area contributed by atoms with Crippen LogP contribution in [0.4, 0.5) is 8.78 Å². The first-order valence-electron chi connectivity index (χ1n) is 7.38. The molecule has 1 heterocycles. The molecule has 0 saturated heterocycles. The molecule has 1 aromatic heterocycles. The highest BCUT2D eigenvalue weighted by molar-refractivity contribution is 5.92. The second kappa shape index (κ2) is 8.19. The maximum atomic E-state index is 12.2. The Labute approximate surface area is 137 Å². The van der Waals surface area contributed by atoms with Crippen LogP contribution in [0, 0.1) is 6.92 Å². The van der Waals surface area contributed by atoms with Gasteiger partial charge in [-0.3, -0.25) is 14.7 Å². The van der Waals surface area contributed by atoms with Crippen LogP contribution in [-0.4, -0.2) is 35.0 Å². The zero-order valence-electron chi connectivity index (χ0n) is 13.1. The van der Waals surface area contributed by atoms with Crippen molar-refractivity contribution in [2.45, 2.75) is 25.8 Å². The lowest BCUT2D eigenvalue weighted by atomic mass is 9.98. The van der Waals surface area contributed by atoms with Gasteiger partial charge in [-0.1, -0.05) is 24.3 Å². The van der Waals surface area contributed by atoms with E-state index < -0.39 is 30.8 Å². The summed E-state index contributed by atoms with van der Waals surface area (Å²) in [7, 11) is 0. The van der Waals surface area contributed by atoms with E-state index >= 15 is 0 Å². The topological polar surface area (TPSA) is 86.9 Å². The molecule has 1 atom stereocenters. The van der Waals surface area contributed by atoms with Gasteiger partial charge < -0.3 is 10.6 Å². The molecule has 2 amide bonds. The summed E-state index contributed by atoms with van der Waals surface area (Å²) < 4.78 is 24.4. The molecule has 0 unspecified atom stereocenters. The molecular formula is C16H18F2N4O2. The fourth-order valence-corrected chi connectivity index (χ4v) is 2.28. The van der Waals surface area contributed by atoms with Crippen molar-refractivity contribution in [1.82, 2.24) is 20.8 Å². The van der Waals surface area contributed by atoms with Gasteiger partial charge in [0.05, 0.1) is 19.0 Å². The van der Waals surface area contributed by atoms with Crippen LogP contribution in [0.3, 0.4) is 0 Å². The second-order valence-corrected chi connectivity index (χ2v) is 5.25. The molecule has 2 aromatic rings. The Kier molecular flexibility index (Phi) is 6.00. The van der Waals surface area contributed by atoms with E-state index in [1.54, 1.807) is 12.1 Å². The summed E-state index contributed by atoms with van der Waals surface area (Å²) in [5.74, 6) is -0.990. The van der Waals surface area contributed by atoms with Crippen molar-refractivity contribution in [3.8, 4) is 0 Å². The first-order valence-corrected chi connectivity index (χ1v) is 7.38. The van der Waals surface area contributed by atoms with E-state index in [1.807, 2.05) is 19.1 Å². The van der Waals surface area contributed by atoms with Crippen molar-refractivity contribution < 1.29 is 18.4 Å². The number of halogens is 2. The van der Waals surface area contributed by atoms with E-state index in [1.165, 1.54) is 12.3 Å². The summed E-state index contributed by atoms with van der Waals surface area (Å²) in [6.07, 6.45) is -1.32. The average Bonchev–Trinajstić information content (AvgIpc) is 3.07. The first-order chi connectivity index (χ1) is 11.5. The molecule has 3 N–H and O–H groups in total. The van der Waals surface area contributed by atoms with Gasteiger partial charge in [-0.2, -0.15) is 5.10 Å². The lowest BCUT2D eigenvalue weighted by molar-refractivity contribution is -0.122. The Balaban J connectivity index is 2.14. The minimum Gasteiger partial charge on any atom is -0.350 e. The van der Waals surface area contributed by atoms with Crippen LogP contribution in [0.2, 0.25) is 0 Å². The van der Waals surface area contributed by atoms with E-state index in [4.69, 9.17) is 0 Å². The number of hydrogen-bond donors (Lipinski definition) is 3. The van der Waals surface area contributed by atoms with Gasteiger partial charge in [0.25, 0.3) is 12.3 Å². The molecule has 0 bridgehead atoms. The monoisotopic (exact) mass is 336 g/mol. The summed E-state index contributed by atoms with van der Waals surface area (Å²) >= 11 is 0. The van der Waals surface area contributed by atoms with Crippen molar-refractivity contribution in [3.63, 3.8) is 0 Å². The number of rotatable bonds is 7. The van der Waals surface area contributed by atoms with Crippen LogP contribution < -0.4 is 10.6 Å². The Morgan fingerprint density at radius 3 is 2.62 bits per heavy atom. The summed E-state index contributed by atoms with van der Waals surface area (Å²) in [6, 6.07) is 8.12. The molecule has 1 aromatic carbocycles. The highest BCUT2D eigenvalue weighted by atomic mass is 19.3. The van der Waals surface area contributed by atoms with Crippen LogP contribution >= 0.6 is 0 Å². The number of benzene rings is 1. The van der Waals surface area contributed by atoms with E-state index in [-0.39, 0.29) is 12.1 Å². The van der Waals surface area contributed by atoms with Gasteiger partial charge in [0, 0.05) is 6.20 Å². The highest BCUT2D eigenvalue weighted by Crippen LogP contribution is 2.21. The van der Waals surface area contributed by atoms with Gasteiger partial charge in [0.1, 0.15) is 5.69 Å². The number of nitrogens with zero attached hydrogens (tertiary/aromatic N) is 1. The molecular weight excluding hydrogens is 318 g/mol. The van der Waals surface area contributed by atoms with E-state index in [2.05, 4.69) is 20.8 Å². The number of hydrogen-bond acceptors (Lipinski definition) is 3. The molecule has 128 valence electrons. The van der Waals surface area contributed by atoms with E-state index in [0.717, 1.165) is 11.1 Å². The Bertz CT molecular complexity index is 689. The second-order valence-electron chi connectivity index (χ2n) is 5.25. The number of carbonyl (C=O) groups excluding carboxylic acids is 2. The zero-order valence-corrected chi connectivity index (χ0v) is 13.1. The molecule has 0 radical (unpaired) electrons. The van der Waals surface area contributed by atoms with Crippen LogP contribution in [0.5, 0.6) is 0 Å². The normalized spacial score (nSPS) is 12.0. The first kappa shape index (κ1) is 17.6. The van der Waals surface area contributed by atoms with Gasteiger partial charge in [-0.15, -0.1) is 0 Å². The third kappa shape index (κ3) is 4.87. The maximum Gasteiger partial charge on any atom is 0.269 e. The Morgan fingerprint density at radius 2 is 2.00 bits per heavy atom. The van der Waals surface area contributed by atoms with Crippen LogP contribution in [0.1, 0.15) is 34.1 Å². The number of nitrogens with one attached hydrogen (secondary N) is 3. The lowest BCUT2D eigenvalue weighted by Gasteiger charge is -2.20. The fraction of sp³-hybridized carbons (Fsp3) is 0.312. The minimum atomic E-state index is -2.62. The quantitative estimate of drug-likeness (QED) is 0.722. The molecule has 0 spiro atoms. The molecule has 8 heteroatoms. The number of aromatic amines is 1. The van der Waals surface area contributed by atoms with Gasteiger partial charge in [-0.05, 0) is 24.1 Å². The van der Waals surface area contributed by atoms with Crippen molar-refractivity contribution >= 4 is 11.8 Å².